The van der Waals surface area contributed by atoms with E-state index >= 15 is 0 Å². The highest BCUT2D eigenvalue weighted by Gasteiger charge is 2.25. The minimum atomic E-state index is 1.13. The molecular formula is C94H118N4. The largest absolute Gasteiger partial charge is 0.253 e. The van der Waals surface area contributed by atoms with Gasteiger partial charge in [-0.25, -0.2) is 4.98 Å². The zero-order valence-electron chi connectivity index (χ0n) is 68.1. The van der Waals surface area contributed by atoms with Crippen LogP contribution < -0.4 is 0 Å². The highest BCUT2D eigenvalue weighted by molar-refractivity contribution is 6.03. The second kappa shape index (κ2) is 28.3. The molecule has 11 aromatic rings. The zero-order valence-corrected chi connectivity index (χ0v) is 68.1. The van der Waals surface area contributed by atoms with Crippen molar-refractivity contribution in [3.05, 3.63) is 236 Å². The smallest absolute Gasteiger partial charge is 0.0789 e. The Labute approximate surface area is 593 Å². The molecule has 0 aliphatic carbocycles. The van der Waals surface area contributed by atoms with Crippen LogP contribution in [-0.4, -0.2) is 19.9 Å². The normalized spacial score (nSPS) is 11.4. The molecule has 0 unspecified atom stereocenters. The molecule has 0 saturated carbocycles. The fourth-order valence-electron chi connectivity index (χ4n) is 15.6. The Kier molecular flexibility index (Phi) is 21.8. The Balaban J connectivity index is 0.000000168. The van der Waals surface area contributed by atoms with Crippen molar-refractivity contribution in [2.75, 3.05) is 0 Å². The lowest BCUT2D eigenvalue weighted by Crippen LogP contribution is -2.04. The zero-order chi connectivity index (χ0) is 73.7. The molecule has 0 atom stereocenters. The summed E-state index contributed by atoms with van der Waals surface area (Å²) in [5.41, 5.74) is 62.0. The van der Waals surface area contributed by atoms with E-state index in [0.717, 1.165) is 39.9 Å². The van der Waals surface area contributed by atoms with Crippen molar-refractivity contribution in [3.63, 3.8) is 0 Å². The maximum Gasteiger partial charge on any atom is 0.0789 e. The molecule has 0 N–H and O–H groups in total. The first-order valence-corrected chi connectivity index (χ1v) is 35.8. The van der Waals surface area contributed by atoms with Gasteiger partial charge in [0.2, 0.25) is 0 Å². The van der Waals surface area contributed by atoms with Crippen molar-refractivity contribution < 1.29 is 0 Å². The van der Waals surface area contributed by atoms with E-state index in [1.54, 1.807) is 0 Å². The summed E-state index contributed by atoms with van der Waals surface area (Å²) in [7, 11) is 0. The van der Waals surface area contributed by atoms with Crippen molar-refractivity contribution in [3.8, 4) is 45.0 Å². The van der Waals surface area contributed by atoms with E-state index in [2.05, 4.69) is 287 Å². The third-order valence-corrected chi connectivity index (χ3v) is 25.6. The number of hydrogen-bond acceptors (Lipinski definition) is 4. The van der Waals surface area contributed by atoms with Gasteiger partial charge in [0.1, 0.15) is 0 Å². The Morgan fingerprint density at radius 3 is 0.765 bits per heavy atom. The van der Waals surface area contributed by atoms with E-state index in [0.29, 0.717) is 0 Å². The van der Waals surface area contributed by atoms with Crippen LogP contribution in [0.4, 0.5) is 0 Å². The van der Waals surface area contributed by atoms with Crippen molar-refractivity contribution in [1.29, 1.82) is 0 Å². The second-order valence-corrected chi connectivity index (χ2v) is 30.2. The Morgan fingerprint density at radius 1 is 0.143 bits per heavy atom. The lowest BCUT2D eigenvalue weighted by molar-refractivity contribution is 1.09. The van der Waals surface area contributed by atoms with Gasteiger partial charge < -0.3 is 0 Å². The van der Waals surface area contributed by atoms with Crippen LogP contribution in [0, 0.1) is 263 Å². The average molecular weight is 1300 g/mol. The molecule has 0 spiro atoms. The van der Waals surface area contributed by atoms with Crippen molar-refractivity contribution in [2.24, 2.45) is 0 Å². The molecule has 11 rings (SSSR count). The molecule has 514 valence electrons. The van der Waals surface area contributed by atoms with Gasteiger partial charge in [0.05, 0.1) is 28.3 Å². The molecule has 98 heavy (non-hydrogen) atoms. The fraction of sp³-hybridized carbons (Fsp3) is 0.404. The number of hydrogen-bond donors (Lipinski definition) is 0. The maximum absolute atomic E-state index is 5.24. The van der Waals surface area contributed by atoms with Crippen LogP contribution in [0.3, 0.4) is 0 Å². The number of aryl methyl sites for hydroxylation is 16. The Hall–Kier alpha value is -8.08. The van der Waals surface area contributed by atoms with E-state index in [9.17, 15) is 0 Å². The van der Waals surface area contributed by atoms with Gasteiger partial charge in [-0.2, -0.15) is 0 Å². The van der Waals surface area contributed by atoms with Gasteiger partial charge in [-0.15, -0.1) is 0 Å². The molecule has 0 aliphatic rings. The summed E-state index contributed by atoms with van der Waals surface area (Å²) in [6, 6.07) is 9.27. The summed E-state index contributed by atoms with van der Waals surface area (Å²) >= 11 is 0. The maximum atomic E-state index is 5.24. The summed E-state index contributed by atoms with van der Waals surface area (Å²) in [6.45, 7) is 84.3. The van der Waals surface area contributed by atoms with Gasteiger partial charge in [-0.3, -0.25) is 15.0 Å². The molecule has 4 aromatic heterocycles. The lowest BCUT2D eigenvalue weighted by atomic mass is 9.85. The summed E-state index contributed by atoms with van der Waals surface area (Å²) in [6.07, 6.45) is 0. The first kappa shape index (κ1) is 75.7. The van der Waals surface area contributed by atoms with Gasteiger partial charge in [0.15, 0.2) is 0 Å². The first-order valence-electron chi connectivity index (χ1n) is 35.8. The van der Waals surface area contributed by atoms with Gasteiger partial charge in [0, 0.05) is 55.5 Å². The van der Waals surface area contributed by atoms with Crippen LogP contribution in [0.25, 0.3) is 77.5 Å². The quantitative estimate of drug-likeness (QED) is 0.176. The molecule has 0 radical (unpaired) electrons. The molecule has 4 heterocycles. The molecule has 0 bridgehead atoms. The topological polar surface area (TPSA) is 51.6 Å². The van der Waals surface area contributed by atoms with Crippen LogP contribution >= 0.6 is 0 Å². The summed E-state index contributed by atoms with van der Waals surface area (Å²) in [5, 5.41) is 6.79. The number of rotatable bonds is 4. The Bertz CT molecular complexity index is 5030. The molecule has 0 amide bonds. The highest BCUT2D eigenvalue weighted by Crippen LogP contribution is 2.44. The van der Waals surface area contributed by atoms with Crippen LogP contribution in [-0.2, 0) is 0 Å². The molecular weight excluding hydrogens is 1190 g/mol. The minimum absolute atomic E-state index is 1.13. The van der Waals surface area contributed by atoms with Crippen molar-refractivity contribution in [2.45, 2.75) is 263 Å². The number of pyridine rings is 4. The Morgan fingerprint density at radius 2 is 0.378 bits per heavy atom. The monoisotopic (exact) mass is 1300 g/mol. The van der Waals surface area contributed by atoms with Gasteiger partial charge in [-0.05, 0) is 493 Å². The van der Waals surface area contributed by atoms with Crippen LogP contribution in [0.1, 0.15) is 212 Å². The molecule has 0 fully saturated rings. The van der Waals surface area contributed by atoms with E-state index in [4.69, 9.17) is 19.9 Å². The van der Waals surface area contributed by atoms with E-state index in [1.807, 2.05) is 0 Å². The van der Waals surface area contributed by atoms with Crippen molar-refractivity contribution >= 4 is 32.4 Å². The fourth-order valence-corrected chi connectivity index (χ4v) is 15.6. The third-order valence-electron chi connectivity index (χ3n) is 25.6. The minimum Gasteiger partial charge on any atom is -0.253 e. The summed E-state index contributed by atoms with van der Waals surface area (Å²) in [4.78, 5) is 20.4. The first-order chi connectivity index (χ1) is 45.5. The van der Waals surface area contributed by atoms with Crippen LogP contribution in [0.5, 0.6) is 0 Å². The molecule has 4 heteroatoms. The van der Waals surface area contributed by atoms with Gasteiger partial charge >= 0.3 is 0 Å². The van der Waals surface area contributed by atoms with E-state index in [-0.39, 0.29) is 0 Å². The standard InChI is InChI=1S/3C25H31N.C19H25N/c1-12-11-22(17(6)14(3)13(12)2)24-21(10)19(8)23-18(7)15(4)16(5)20(9)25(23)26-24;1-12-11-22(17(6)14(3)13(12)2)25-20(9)23-18(7)15(4)16(5)19(8)24(23)21(10)26-25;1-12-11-22(17(6)14(3)13(12)2)25-24-19(8)16(5)15(4)18(7)23(24)20(9)21(10)26-25;1-10-9-18(15(6)12(3)11(10)2)19-16(7)13(4)14(5)17(8)20-19/h3*11H,1-10H3;9H,1-8H3. The summed E-state index contributed by atoms with van der Waals surface area (Å²) in [5.74, 6) is 0. The van der Waals surface area contributed by atoms with Crippen LogP contribution in [0.2, 0.25) is 0 Å². The van der Waals surface area contributed by atoms with E-state index < -0.39 is 0 Å². The predicted octanol–water partition coefficient (Wildman–Crippen LogP) is 26.2. The summed E-state index contributed by atoms with van der Waals surface area (Å²) < 4.78 is 0. The lowest BCUT2D eigenvalue weighted by Gasteiger charge is -2.22. The second-order valence-electron chi connectivity index (χ2n) is 30.2. The van der Waals surface area contributed by atoms with Crippen molar-refractivity contribution in [1.82, 2.24) is 19.9 Å². The molecule has 4 nitrogen and oxygen atoms in total. The van der Waals surface area contributed by atoms with Crippen LogP contribution in [0.15, 0.2) is 24.3 Å². The highest BCUT2D eigenvalue weighted by atomic mass is 14.7. The molecule has 7 aromatic carbocycles. The number of benzene rings is 7. The average Bonchev–Trinajstić information content (AvgIpc) is 0.747. The van der Waals surface area contributed by atoms with Gasteiger partial charge in [0.25, 0.3) is 0 Å². The van der Waals surface area contributed by atoms with E-state index in [1.165, 1.54) is 249 Å². The number of nitrogens with zero attached hydrogens (tertiary/aromatic N) is 4. The number of aromatic nitrogens is 4. The molecule has 0 aliphatic heterocycles. The number of fused-ring (bicyclic) bond motifs is 3. The molecule has 0 saturated heterocycles. The van der Waals surface area contributed by atoms with Gasteiger partial charge in [-0.1, -0.05) is 0 Å². The SMILES string of the molecule is Cc1cc(-c2nc(C)c(C)c(C)c2C)c(C)c(C)c1C.Cc1cc(-c2nc(C)c(C)c3c(C)c(C)c(C)c(C)c23)c(C)c(C)c1C.Cc1cc(-c2nc(C)c3c(C)c(C)c(C)c(C)c3c2C)c(C)c(C)c1C.Cc1cc(-c2nc3c(C)c(C)c(C)c(C)c3c(C)c2C)c(C)c(C)c1C. The predicted molar refractivity (Wildman–Crippen MR) is 431 cm³/mol. The third kappa shape index (κ3) is 12.8.